The Morgan fingerprint density at radius 3 is 2.83 bits per heavy atom. The maximum absolute atomic E-state index is 12.7. The molecule has 0 saturated heterocycles. The summed E-state index contributed by atoms with van der Waals surface area (Å²) < 4.78 is 0.977. The predicted molar refractivity (Wildman–Crippen MR) is 85.7 cm³/mol. The fourth-order valence-corrected chi connectivity index (χ4v) is 3.24. The van der Waals surface area contributed by atoms with Gasteiger partial charge in [-0.3, -0.25) is 19.5 Å². The number of aliphatic carboxylic acids is 1. The molecule has 3 rings (SSSR count). The van der Waals surface area contributed by atoms with Crippen LogP contribution in [0.15, 0.2) is 40.8 Å². The molecule has 0 radical (unpaired) electrons. The Balaban J connectivity index is 2.25. The fraction of sp³-hybridized carbons (Fsp3) is 0.133. The number of fused-ring (bicyclic) bond motifs is 1. The number of nitro groups is 1. The first kappa shape index (κ1) is 15.8. The largest absolute Gasteiger partial charge is 0.548 e. The molecular weight excluding hydrogens is 334 g/mol. The van der Waals surface area contributed by atoms with Crippen LogP contribution in [0.4, 0.5) is 5.69 Å². The first-order valence-corrected chi connectivity index (χ1v) is 7.72. The summed E-state index contributed by atoms with van der Waals surface area (Å²) in [5.74, 6) is -1.40. The highest BCUT2D eigenvalue weighted by Crippen LogP contribution is 2.32. The van der Waals surface area contributed by atoms with Gasteiger partial charge in [-0.2, -0.15) is 0 Å². The van der Waals surface area contributed by atoms with Gasteiger partial charge in [0, 0.05) is 23.1 Å². The van der Waals surface area contributed by atoms with Crippen molar-refractivity contribution in [3.63, 3.8) is 0 Å². The maximum atomic E-state index is 12.7. The molecule has 0 aliphatic carbocycles. The Morgan fingerprint density at radius 1 is 1.42 bits per heavy atom. The Kier molecular flexibility index (Phi) is 3.86. The van der Waals surface area contributed by atoms with E-state index in [0.717, 1.165) is 4.57 Å². The van der Waals surface area contributed by atoms with Gasteiger partial charge < -0.3 is 9.90 Å². The van der Waals surface area contributed by atoms with E-state index in [1.807, 2.05) is 0 Å². The standard InChI is InChI=1S/C15H11N3O5S/c1-8(15(20)21)17-7-16-13-12(14(17)19)11(6-24-13)9-3-2-4-10(5-9)18(22)23/h2-8H,1H3,(H,20,21)/p-1/t8-/m0/s1. The summed E-state index contributed by atoms with van der Waals surface area (Å²) in [4.78, 5) is 38.6. The Bertz CT molecular complexity index is 1020. The molecule has 0 bridgehead atoms. The summed E-state index contributed by atoms with van der Waals surface area (Å²) >= 11 is 1.21. The van der Waals surface area contributed by atoms with E-state index in [-0.39, 0.29) is 11.1 Å². The molecule has 0 aliphatic rings. The Hall–Kier alpha value is -3.07. The lowest BCUT2D eigenvalue weighted by Crippen LogP contribution is -2.36. The number of carboxylic acid groups (broad SMARTS) is 1. The molecule has 0 saturated carbocycles. The van der Waals surface area contributed by atoms with Crippen LogP contribution in [0.1, 0.15) is 13.0 Å². The minimum atomic E-state index is -1.40. The number of benzene rings is 1. The molecule has 8 nitrogen and oxygen atoms in total. The quantitative estimate of drug-likeness (QED) is 0.520. The van der Waals surface area contributed by atoms with Crippen molar-refractivity contribution in [1.29, 1.82) is 0 Å². The van der Waals surface area contributed by atoms with Gasteiger partial charge in [0.15, 0.2) is 0 Å². The third kappa shape index (κ3) is 2.54. The first-order valence-electron chi connectivity index (χ1n) is 6.84. The third-order valence-electron chi connectivity index (χ3n) is 3.65. The van der Waals surface area contributed by atoms with Crippen molar-refractivity contribution in [3.05, 3.63) is 56.4 Å². The van der Waals surface area contributed by atoms with Crippen LogP contribution < -0.4 is 10.7 Å². The highest BCUT2D eigenvalue weighted by atomic mass is 32.1. The maximum Gasteiger partial charge on any atom is 0.270 e. The van der Waals surface area contributed by atoms with Crippen molar-refractivity contribution >= 4 is 33.2 Å². The van der Waals surface area contributed by atoms with E-state index in [1.165, 1.54) is 42.8 Å². The number of carboxylic acids is 1. The number of nitro benzene ring substituents is 1. The van der Waals surface area contributed by atoms with Crippen LogP contribution in [0.3, 0.4) is 0 Å². The van der Waals surface area contributed by atoms with Gasteiger partial charge in [-0.25, -0.2) is 4.98 Å². The van der Waals surface area contributed by atoms with Crippen molar-refractivity contribution in [2.75, 3.05) is 0 Å². The fourth-order valence-electron chi connectivity index (χ4n) is 2.33. The summed E-state index contributed by atoms with van der Waals surface area (Å²) in [6, 6.07) is 4.71. The van der Waals surface area contributed by atoms with Gasteiger partial charge >= 0.3 is 0 Å². The molecule has 0 amide bonds. The molecule has 0 fully saturated rings. The summed E-state index contributed by atoms with van der Waals surface area (Å²) in [6.07, 6.45) is 1.17. The highest BCUT2D eigenvalue weighted by molar-refractivity contribution is 7.17. The number of carbonyl (C=O) groups excluding carboxylic acids is 1. The van der Waals surface area contributed by atoms with Gasteiger partial charge in [-0.05, 0) is 12.5 Å². The molecule has 3 aromatic rings. The number of carbonyl (C=O) groups is 1. The number of nitrogens with zero attached hydrogens (tertiary/aromatic N) is 3. The second-order valence-electron chi connectivity index (χ2n) is 5.09. The Labute approximate surface area is 138 Å². The molecule has 2 aromatic heterocycles. The van der Waals surface area contributed by atoms with E-state index in [1.54, 1.807) is 11.4 Å². The Morgan fingerprint density at radius 2 is 2.17 bits per heavy atom. The summed E-state index contributed by atoms with van der Waals surface area (Å²) in [7, 11) is 0. The van der Waals surface area contributed by atoms with Crippen LogP contribution in [0.5, 0.6) is 0 Å². The topological polar surface area (TPSA) is 118 Å². The summed E-state index contributed by atoms with van der Waals surface area (Å²) in [5, 5.41) is 23.9. The van der Waals surface area contributed by atoms with Gasteiger partial charge in [0.2, 0.25) is 0 Å². The zero-order chi connectivity index (χ0) is 17.4. The number of thiophene rings is 1. The molecule has 1 aromatic carbocycles. The third-order valence-corrected chi connectivity index (χ3v) is 4.53. The van der Waals surface area contributed by atoms with Crippen LogP contribution in [0.2, 0.25) is 0 Å². The first-order chi connectivity index (χ1) is 11.4. The number of non-ortho nitro benzene ring substituents is 1. The molecule has 1 atom stereocenters. The van der Waals surface area contributed by atoms with E-state index in [9.17, 15) is 24.8 Å². The van der Waals surface area contributed by atoms with Gasteiger partial charge in [0.25, 0.3) is 11.2 Å². The number of aromatic nitrogens is 2. The van der Waals surface area contributed by atoms with E-state index >= 15 is 0 Å². The minimum absolute atomic E-state index is 0.0980. The van der Waals surface area contributed by atoms with E-state index in [4.69, 9.17) is 0 Å². The number of hydrogen-bond donors (Lipinski definition) is 0. The smallest absolute Gasteiger partial charge is 0.270 e. The van der Waals surface area contributed by atoms with E-state index < -0.39 is 22.5 Å². The molecule has 9 heteroatoms. The molecule has 2 heterocycles. The molecule has 0 unspecified atom stereocenters. The monoisotopic (exact) mass is 344 g/mol. The lowest BCUT2D eigenvalue weighted by molar-refractivity contribution is -0.384. The van der Waals surface area contributed by atoms with Gasteiger partial charge in [-0.15, -0.1) is 11.3 Å². The predicted octanol–water partition coefficient (Wildman–Crippen LogP) is 1.34. The van der Waals surface area contributed by atoms with Crippen molar-refractivity contribution < 1.29 is 14.8 Å². The van der Waals surface area contributed by atoms with E-state index in [0.29, 0.717) is 16.0 Å². The lowest BCUT2D eigenvalue weighted by atomic mass is 10.1. The van der Waals surface area contributed by atoms with Crippen LogP contribution in [-0.4, -0.2) is 20.4 Å². The van der Waals surface area contributed by atoms with Crippen molar-refractivity contribution in [1.82, 2.24) is 9.55 Å². The van der Waals surface area contributed by atoms with E-state index in [2.05, 4.69) is 4.98 Å². The van der Waals surface area contributed by atoms with Crippen molar-refractivity contribution in [2.45, 2.75) is 13.0 Å². The SMILES string of the molecule is C[C@@H](C(=O)[O-])n1cnc2scc(-c3cccc([N+](=O)[O-])c3)c2c1=O. The second kappa shape index (κ2) is 5.85. The lowest BCUT2D eigenvalue weighted by Gasteiger charge is -2.15. The van der Waals surface area contributed by atoms with Crippen molar-refractivity contribution in [2.24, 2.45) is 0 Å². The highest BCUT2D eigenvalue weighted by Gasteiger charge is 2.17. The average molecular weight is 344 g/mol. The normalized spacial score (nSPS) is 12.2. The molecular formula is C15H10N3O5S-. The minimum Gasteiger partial charge on any atom is -0.548 e. The zero-order valence-corrected chi connectivity index (χ0v) is 13.1. The molecule has 122 valence electrons. The zero-order valence-electron chi connectivity index (χ0n) is 12.3. The summed E-state index contributed by atoms with van der Waals surface area (Å²) in [6.45, 7) is 1.32. The second-order valence-corrected chi connectivity index (χ2v) is 5.95. The molecule has 0 N–H and O–H groups in total. The molecule has 0 spiro atoms. The van der Waals surface area contributed by atoms with Gasteiger partial charge in [0.1, 0.15) is 4.83 Å². The van der Waals surface area contributed by atoms with Crippen LogP contribution >= 0.6 is 11.3 Å². The number of rotatable bonds is 4. The van der Waals surface area contributed by atoms with Crippen molar-refractivity contribution in [3.8, 4) is 11.1 Å². The van der Waals surface area contributed by atoms with Gasteiger partial charge in [-0.1, -0.05) is 12.1 Å². The summed E-state index contributed by atoms with van der Waals surface area (Å²) in [5.41, 5.74) is 0.350. The molecule has 0 aliphatic heterocycles. The van der Waals surface area contributed by atoms with Crippen LogP contribution in [-0.2, 0) is 4.79 Å². The molecule has 24 heavy (non-hydrogen) atoms. The van der Waals surface area contributed by atoms with Gasteiger partial charge in [0.05, 0.1) is 28.6 Å². The van der Waals surface area contributed by atoms with Crippen LogP contribution in [0.25, 0.3) is 21.3 Å². The average Bonchev–Trinajstić information content (AvgIpc) is 2.99. The number of hydrogen-bond acceptors (Lipinski definition) is 7. The van der Waals surface area contributed by atoms with Crippen LogP contribution in [0, 0.1) is 10.1 Å².